The maximum absolute atomic E-state index is 11.4. The molecule has 6 nitrogen and oxygen atoms in total. The van der Waals surface area contributed by atoms with Crippen molar-refractivity contribution in [2.45, 2.75) is 18.9 Å². The van der Waals surface area contributed by atoms with Crippen LogP contribution in [0.3, 0.4) is 0 Å². The van der Waals surface area contributed by atoms with Crippen LogP contribution in [0.15, 0.2) is 5.11 Å². The van der Waals surface area contributed by atoms with Gasteiger partial charge in [0.2, 0.25) is 5.91 Å². The van der Waals surface area contributed by atoms with Crippen molar-refractivity contribution in [3.05, 3.63) is 10.4 Å². The third kappa shape index (κ3) is 2.90. The normalized spacial score (nSPS) is 21.5. The van der Waals surface area contributed by atoms with Crippen LogP contribution in [0.25, 0.3) is 10.4 Å². The minimum absolute atomic E-state index is 0.0903. The Balaban J connectivity index is 2.42. The number of rotatable bonds is 3. The number of ether oxygens (including phenoxy) is 1. The molecule has 1 atom stereocenters. The molecule has 0 saturated carbocycles. The van der Waals surface area contributed by atoms with E-state index in [0.717, 1.165) is 19.4 Å². The lowest BCUT2D eigenvalue weighted by molar-refractivity contribution is -0.133. The Bertz CT molecular complexity index is 250. The lowest BCUT2D eigenvalue weighted by Gasteiger charge is -2.31. The fraction of sp³-hybridized carbons (Fsp3) is 0.875. The van der Waals surface area contributed by atoms with Gasteiger partial charge in [0.1, 0.15) is 6.54 Å². The van der Waals surface area contributed by atoms with Gasteiger partial charge in [-0.1, -0.05) is 5.11 Å². The van der Waals surface area contributed by atoms with Crippen LogP contribution < -0.4 is 0 Å². The van der Waals surface area contributed by atoms with Crippen molar-refractivity contribution in [3.63, 3.8) is 0 Å². The SMILES string of the molecule is CO[C@@H]1CCCN(C(=O)CN=[N+]=[N-])C1. The van der Waals surface area contributed by atoms with Crippen molar-refractivity contribution >= 4 is 5.91 Å². The zero-order valence-corrected chi connectivity index (χ0v) is 8.22. The van der Waals surface area contributed by atoms with Crippen LogP contribution in [0.5, 0.6) is 0 Å². The van der Waals surface area contributed by atoms with Crippen LogP contribution in [0.2, 0.25) is 0 Å². The molecule has 1 heterocycles. The Morgan fingerprint density at radius 1 is 1.79 bits per heavy atom. The molecule has 0 bridgehead atoms. The van der Waals surface area contributed by atoms with Gasteiger partial charge in [-0.2, -0.15) is 0 Å². The smallest absolute Gasteiger partial charge is 0.228 e. The molecule has 1 aliphatic heterocycles. The van der Waals surface area contributed by atoms with Gasteiger partial charge in [-0.25, -0.2) is 0 Å². The summed E-state index contributed by atoms with van der Waals surface area (Å²) in [5.74, 6) is -0.121. The monoisotopic (exact) mass is 198 g/mol. The lowest BCUT2D eigenvalue weighted by atomic mass is 10.1. The molecule has 1 rings (SSSR count). The van der Waals surface area contributed by atoms with Gasteiger partial charge in [0.05, 0.1) is 6.10 Å². The molecule has 1 aliphatic rings. The molecule has 0 aromatic rings. The second-order valence-corrected chi connectivity index (χ2v) is 3.23. The molecule has 1 fully saturated rings. The van der Waals surface area contributed by atoms with Gasteiger partial charge >= 0.3 is 0 Å². The number of azide groups is 1. The predicted octanol–water partition coefficient (Wildman–Crippen LogP) is 0.934. The van der Waals surface area contributed by atoms with Crippen molar-refractivity contribution in [2.24, 2.45) is 5.11 Å². The lowest BCUT2D eigenvalue weighted by Crippen LogP contribution is -2.43. The van der Waals surface area contributed by atoms with E-state index in [-0.39, 0.29) is 18.6 Å². The minimum atomic E-state index is -0.121. The Hall–Kier alpha value is -1.26. The average Bonchev–Trinajstić information content (AvgIpc) is 2.26. The first kappa shape index (κ1) is 10.8. The molecular weight excluding hydrogens is 184 g/mol. The second-order valence-electron chi connectivity index (χ2n) is 3.23. The molecule has 0 aliphatic carbocycles. The summed E-state index contributed by atoms with van der Waals surface area (Å²) in [6.45, 7) is 1.25. The summed E-state index contributed by atoms with van der Waals surface area (Å²) in [4.78, 5) is 15.7. The van der Waals surface area contributed by atoms with E-state index in [2.05, 4.69) is 10.0 Å². The number of nitrogens with zero attached hydrogens (tertiary/aromatic N) is 4. The Labute approximate surface area is 82.5 Å². The van der Waals surface area contributed by atoms with Crippen LogP contribution in [-0.4, -0.2) is 43.7 Å². The standard InChI is InChI=1S/C8H14N4O2/c1-14-7-3-2-4-12(6-7)8(13)5-10-11-9/h7H,2-6H2,1H3/t7-/m1/s1. The second kappa shape index (κ2) is 5.47. The molecule has 0 N–H and O–H groups in total. The van der Waals surface area contributed by atoms with Gasteiger partial charge in [-0.05, 0) is 18.4 Å². The molecule has 0 aromatic carbocycles. The van der Waals surface area contributed by atoms with E-state index in [1.807, 2.05) is 0 Å². The van der Waals surface area contributed by atoms with Gasteiger partial charge in [-0.3, -0.25) is 4.79 Å². The van der Waals surface area contributed by atoms with Crippen LogP contribution in [0.1, 0.15) is 12.8 Å². The Morgan fingerprint density at radius 3 is 3.21 bits per heavy atom. The summed E-state index contributed by atoms with van der Waals surface area (Å²) in [6.07, 6.45) is 2.06. The Morgan fingerprint density at radius 2 is 2.57 bits per heavy atom. The average molecular weight is 198 g/mol. The fourth-order valence-electron chi connectivity index (χ4n) is 1.55. The van der Waals surface area contributed by atoms with E-state index < -0.39 is 0 Å². The van der Waals surface area contributed by atoms with E-state index in [1.165, 1.54) is 0 Å². The van der Waals surface area contributed by atoms with Crippen LogP contribution >= 0.6 is 0 Å². The van der Waals surface area contributed by atoms with Gasteiger partial charge < -0.3 is 9.64 Å². The Kier molecular flexibility index (Phi) is 4.22. The maximum Gasteiger partial charge on any atom is 0.228 e. The number of hydrogen-bond acceptors (Lipinski definition) is 3. The van der Waals surface area contributed by atoms with Gasteiger partial charge in [0.15, 0.2) is 0 Å². The summed E-state index contributed by atoms with van der Waals surface area (Å²) >= 11 is 0. The van der Waals surface area contributed by atoms with E-state index in [0.29, 0.717) is 6.54 Å². The summed E-state index contributed by atoms with van der Waals surface area (Å²) in [6, 6.07) is 0. The number of likely N-dealkylation sites (tertiary alicyclic amines) is 1. The highest BCUT2D eigenvalue weighted by Crippen LogP contribution is 2.12. The highest BCUT2D eigenvalue weighted by atomic mass is 16.5. The van der Waals surface area contributed by atoms with E-state index in [1.54, 1.807) is 12.0 Å². The molecular formula is C8H14N4O2. The number of hydrogen-bond donors (Lipinski definition) is 0. The molecule has 1 saturated heterocycles. The number of piperidine rings is 1. The van der Waals surface area contributed by atoms with Crippen molar-refractivity contribution in [1.82, 2.24) is 4.90 Å². The minimum Gasteiger partial charge on any atom is -0.380 e. The largest absolute Gasteiger partial charge is 0.380 e. The van der Waals surface area contributed by atoms with Crippen molar-refractivity contribution < 1.29 is 9.53 Å². The highest BCUT2D eigenvalue weighted by molar-refractivity contribution is 5.78. The third-order valence-corrected chi connectivity index (χ3v) is 2.33. The zero-order chi connectivity index (χ0) is 10.4. The highest BCUT2D eigenvalue weighted by Gasteiger charge is 2.22. The summed E-state index contributed by atoms with van der Waals surface area (Å²) in [5.41, 5.74) is 8.07. The number of carbonyl (C=O) groups excluding carboxylic acids is 1. The number of amides is 1. The third-order valence-electron chi connectivity index (χ3n) is 2.33. The summed E-state index contributed by atoms with van der Waals surface area (Å²) < 4.78 is 5.18. The van der Waals surface area contributed by atoms with Crippen LogP contribution in [-0.2, 0) is 9.53 Å². The summed E-state index contributed by atoms with van der Waals surface area (Å²) in [5, 5.41) is 3.25. The first-order valence-electron chi connectivity index (χ1n) is 4.59. The van der Waals surface area contributed by atoms with Crippen LogP contribution in [0, 0.1) is 0 Å². The van der Waals surface area contributed by atoms with Crippen molar-refractivity contribution in [3.8, 4) is 0 Å². The molecule has 14 heavy (non-hydrogen) atoms. The number of carbonyl (C=O) groups is 1. The predicted molar refractivity (Wildman–Crippen MR) is 50.6 cm³/mol. The zero-order valence-electron chi connectivity index (χ0n) is 8.22. The molecule has 1 amide bonds. The molecule has 0 unspecified atom stereocenters. The van der Waals surface area contributed by atoms with Gasteiger partial charge in [-0.15, -0.1) is 0 Å². The van der Waals surface area contributed by atoms with Gasteiger partial charge in [0.25, 0.3) is 0 Å². The fourth-order valence-corrected chi connectivity index (χ4v) is 1.55. The first-order valence-corrected chi connectivity index (χ1v) is 4.59. The topological polar surface area (TPSA) is 78.3 Å². The van der Waals surface area contributed by atoms with E-state index in [4.69, 9.17) is 10.3 Å². The quantitative estimate of drug-likeness (QED) is 0.384. The van der Waals surface area contributed by atoms with E-state index in [9.17, 15) is 4.79 Å². The first-order chi connectivity index (χ1) is 6.77. The van der Waals surface area contributed by atoms with Crippen molar-refractivity contribution in [2.75, 3.05) is 26.7 Å². The van der Waals surface area contributed by atoms with Crippen molar-refractivity contribution in [1.29, 1.82) is 0 Å². The van der Waals surface area contributed by atoms with Gasteiger partial charge in [0, 0.05) is 25.1 Å². The summed E-state index contributed by atoms with van der Waals surface area (Å²) in [7, 11) is 1.64. The maximum atomic E-state index is 11.4. The molecule has 6 heteroatoms. The molecule has 0 radical (unpaired) electrons. The van der Waals surface area contributed by atoms with Crippen LogP contribution in [0.4, 0.5) is 0 Å². The van der Waals surface area contributed by atoms with E-state index >= 15 is 0 Å². The molecule has 78 valence electrons. The molecule has 0 aromatic heterocycles. The molecule has 0 spiro atoms. The number of methoxy groups -OCH3 is 1.